The van der Waals surface area contributed by atoms with Crippen LogP contribution in [0.25, 0.3) is 0 Å². The molecule has 2 atom stereocenters. The van der Waals surface area contributed by atoms with E-state index in [9.17, 15) is 9.59 Å². The van der Waals surface area contributed by atoms with Gasteiger partial charge in [0.05, 0.1) is 24.1 Å². The van der Waals surface area contributed by atoms with Gasteiger partial charge in [-0.05, 0) is 36.6 Å². The SMILES string of the molecule is Cc1ccccc1CNC(=O)C1CC1C(=O)NCc1ccccn1. The zero-order chi connectivity index (χ0) is 16.9. The molecular formula is C19H21N3O2. The van der Waals surface area contributed by atoms with E-state index < -0.39 is 0 Å². The molecule has 0 spiro atoms. The van der Waals surface area contributed by atoms with Crippen molar-refractivity contribution in [2.45, 2.75) is 26.4 Å². The second-order valence-corrected chi connectivity index (χ2v) is 6.13. The van der Waals surface area contributed by atoms with Crippen LogP contribution in [0.15, 0.2) is 48.7 Å². The average molecular weight is 323 g/mol. The van der Waals surface area contributed by atoms with Gasteiger partial charge >= 0.3 is 0 Å². The highest BCUT2D eigenvalue weighted by molar-refractivity contribution is 5.92. The Bertz CT molecular complexity index is 730. The molecule has 2 unspecified atom stereocenters. The molecule has 2 amide bonds. The van der Waals surface area contributed by atoms with E-state index in [1.807, 2.05) is 49.4 Å². The van der Waals surface area contributed by atoms with Gasteiger partial charge in [-0.2, -0.15) is 0 Å². The Morgan fingerprint density at radius 2 is 1.67 bits per heavy atom. The third kappa shape index (κ3) is 3.98. The molecule has 2 aromatic rings. The molecule has 1 aliphatic carbocycles. The van der Waals surface area contributed by atoms with E-state index in [0.717, 1.165) is 16.8 Å². The van der Waals surface area contributed by atoms with E-state index in [1.165, 1.54) is 0 Å². The van der Waals surface area contributed by atoms with Crippen molar-refractivity contribution in [2.24, 2.45) is 11.8 Å². The summed E-state index contributed by atoms with van der Waals surface area (Å²) in [7, 11) is 0. The Hall–Kier alpha value is -2.69. The maximum atomic E-state index is 12.2. The molecule has 0 aliphatic heterocycles. The minimum atomic E-state index is -0.217. The van der Waals surface area contributed by atoms with E-state index in [1.54, 1.807) is 6.20 Å². The molecular weight excluding hydrogens is 302 g/mol. The number of nitrogens with one attached hydrogen (secondary N) is 2. The number of pyridine rings is 1. The van der Waals surface area contributed by atoms with Gasteiger partial charge in [0, 0.05) is 12.7 Å². The lowest BCUT2D eigenvalue weighted by Gasteiger charge is -2.08. The van der Waals surface area contributed by atoms with E-state index in [2.05, 4.69) is 15.6 Å². The lowest BCUT2D eigenvalue weighted by molar-refractivity contribution is -0.127. The van der Waals surface area contributed by atoms with Gasteiger partial charge in [0.25, 0.3) is 0 Å². The van der Waals surface area contributed by atoms with E-state index >= 15 is 0 Å². The fraction of sp³-hybridized carbons (Fsp3) is 0.316. The molecule has 1 saturated carbocycles. The zero-order valence-electron chi connectivity index (χ0n) is 13.7. The maximum absolute atomic E-state index is 12.2. The largest absolute Gasteiger partial charge is 0.352 e. The van der Waals surface area contributed by atoms with Crippen LogP contribution in [-0.2, 0) is 22.7 Å². The molecule has 3 rings (SSSR count). The van der Waals surface area contributed by atoms with Crippen LogP contribution in [0.5, 0.6) is 0 Å². The third-order valence-electron chi connectivity index (χ3n) is 4.35. The van der Waals surface area contributed by atoms with Gasteiger partial charge in [-0.25, -0.2) is 0 Å². The first-order valence-corrected chi connectivity index (χ1v) is 8.15. The number of amides is 2. The fourth-order valence-corrected chi connectivity index (χ4v) is 2.71. The lowest BCUT2D eigenvalue weighted by Crippen LogP contribution is -2.30. The minimum absolute atomic E-state index is 0.0451. The highest BCUT2D eigenvalue weighted by Crippen LogP contribution is 2.38. The molecule has 1 aromatic carbocycles. The topological polar surface area (TPSA) is 71.1 Å². The van der Waals surface area contributed by atoms with Crippen LogP contribution in [0.1, 0.15) is 23.2 Å². The second-order valence-electron chi connectivity index (χ2n) is 6.13. The molecule has 1 fully saturated rings. The molecule has 5 heteroatoms. The highest BCUT2D eigenvalue weighted by Gasteiger charge is 2.47. The van der Waals surface area contributed by atoms with Gasteiger partial charge in [-0.15, -0.1) is 0 Å². The number of carbonyl (C=O) groups is 2. The van der Waals surface area contributed by atoms with Crippen molar-refractivity contribution in [3.05, 3.63) is 65.5 Å². The van der Waals surface area contributed by atoms with Crippen LogP contribution >= 0.6 is 0 Å². The highest BCUT2D eigenvalue weighted by atomic mass is 16.2. The normalized spacial score (nSPS) is 18.7. The standard InChI is InChI=1S/C19H21N3O2/c1-13-6-2-3-7-14(13)11-21-18(23)16-10-17(16)19(24)22-12-15-8-4-5-9-20-15/h2-9,16-17H,10-12H2,1H3,(H,21,23)(H,22,24). The minimum Gasteiger partial charge on any atom is -0.352 e. The summed E-state index contributed by atoms with van der Waals surface area (Å²) in [6.07, 6.45) is 2.31. The smallest absolute Gasteiger partial charge is 0.224 e. The predicted molar refractivity (Wildman–Crippen MR) is 90.7 cm³/mol. The van der Waals surface area contributed by atoms with E-state index in [4.69, 9.17) is 0 Å². The Balaban J connectivity index is 1.43. The number of hydrogen-bond donors (Lipinski definition) is 2. The van der Waals surface area contributed by atoms with Crippen LogP contribution in [0.3, 0.4) is 0 Å². The summed E-state index contributed by atoms with van der Waals surface area (Å²) in [5, 5.41) is 5.78. The maximum Gasteiger partial charge on any atom is 0.224 e. The van der Waals surface area contributed by atoms with Crippen molar-refractivity contribution in [2.75, 3.05) is 0 Å². The number of carbonyl (C=O) groups excluding carboxylic acids is 2. The summed E-state index contributed by atoms with van der Waals surface area (Å²) >= 11 is 0. The first-order valence-electron chi connectivity index (χ1n) is 8.15. The van der Waals surface area contributed by atoms with Gasteiger partial charge in [0.1, 0.15) is 0 Å². The zero-order valence-corrected chi connectivity index (χ0v) is 13.7. The summed E-state index contributed by atoms with van der Waals surface area (Å²) < 4.78 is 0. The number of hydrogen-bond acceptors (Lipinski definition) is 3. The number of rotatable bonds is 6. The Morgan fingerprint density at radius 3 is 2.33 bits per heavy atom. The summed E-state index contributed by atoms with van der Waals surface area (Å²) in [5.74, 6) is -0.545. The lowest BCUT2D eigenvalue weighted by atomic mass is 10.1. The summed E-state index contributed by atoms with van der Waals surface area (Å²) in [6, 6.07) is 13.5. The van der Waals surface area contributed by atoms with Crippen molar-refractivity contribution in [3.8, 4) is 0 Å². The van der Waals surface area contributed by atoms with Crippen LogP contribution in [0.4, 0.5) is 0 Å². The van der Waals surface area contributed by atoms with Gasteiger partial charge in [-0.3, -0.25) is 14.6 Å². The van der Waals surface area contributed by atoms with Crippen molar-refractivity contribution < 1.29 is 9.59 Å². The molecule has 1 heterocycles. The predicted octanol–water partition coefficient (Wildman–Crippen LogP) is 1.96. The van der Waals surface area contributed by atoms with Crippen molar-refractivity contribution in [3.63, 3.8) is 0 Å². The molecule has 1 aliphatic rings. The van der Waals surface area contributed by atoms with Crippen molar-refractivity contribution in [1.82, 2.24) is 15.6 Å². The van der Waals surface area contributed by atoms with Gasteiger partial charge < -0.3 is 10.6 Å². The fourth-order valence-electron chi connectivity index (χ4n) is 2.71. The van der Waals surface area contributed by atoms with E-state index in [0.29, 0.717) is 19.5 Å². The van der Waals surface area contributed by atoms with Crippen LogP contribution in [-0.4, -0.2) is 16.8 Å². The van der Waals surface area contributed by atoms with E-state index in [-0.39, 0.29) is 23.7 Å². The van der Waals surface area contributed by atoms with Crippen molar-refractivity contribution >= 4 is 11.8 Å². The molecule has 5 nitrogen and oxygen atoms in total. The first kappa shape index (κ1) is 16.2. The number of benzene rings is 1. The summed E-state index contributed by atoms with van der Waals surface area (Å²) in [4.78, 5) is 28.4. The molecule has 0 saturated heterocycles. The molecule has 124 valence electrons. The van der Waals surface area contributed by atoms with Gasteiger partial charge in [0.15, 0.2) is 0 Å². The second kappa shape index (κ2) is 7.25. The molecule has 24 heavy (non-hydrogen) atoms. The quantitative estimate of drug-likeness (QED) is 0.854. The third-order valence-corrected chi connectivity index (χ3v) is 4.35. The van der Waals surface area contributed by atoms with Crippen LogP contribution in [0, 0.1) is 18.8 Å². The average Bonchev–Trinajstić information content (AvgIpc) is 3.40. The van der Waals surface area contributed by atoms with Gasteiger partial charge in [0.2, 0.25) is 11.8 Å². The van der Waals surface area contributed by atoms with Crippen LogP contribution < -0.4 is 10.6 Å². The number of nitrogens with zero attached hydrogens (tertiary/aromatic N) is 1. The van der Waals surface area contributed by atoms with Crippen LogP contribution in [0.2, 0.25) is 0 Å². The summed E-state index contributed by atoms with van der Waals surface area (Å²) in [6.45, 7) is 2.92. The molecule has 0 radical (unpaired) electrons. The van der Waals surface area contributed by atoms with Gasteiger partial charge in [-0.1, -0.05) is 30.3 Å². The molecule has 2 N–H and O–H groups in total. The molecule has 0 bridgehead atoms. The Kier molecular flexibility index (Phi) is 4.89. The Labute approximate surface area is 141 Å². The summed E-state index contributed by atoms with van der Waals surface area (Å²) in [5.41, 5.74) is 3.06. The van der Waals surface area contributed by atoms with Crippen molar-refractivity contribution in [1.29, 1.82) is 0 Å². The number of aryl methyl sites for hydroxylation is 1. The first-order chi connectivity index (χ1) is 11.6. The monoisotopic (exact) mass is 323 g/mol. The Morgan fingerprint density at radius 1 is 1.00 bits per heavy atom. The molecule has 1 aromatic heterocycles. The number of aromatic nitrogens is 1.